The maximum atomic E-state index is 4.61. The van der Waals surface area contributed by atoms with Gasteiger partial charge in [0.25, 0.3) is 0 Å². The van der Waals surface area contributed by atoms with Crippen LogP contribution >= 0.6 is 24.0 Å². The van der Waals surface area contributed by atoms with Crippen LogP contribution in [0.3, 0.4) is 0 Å². The van der Waals surface area contributed by atoms with Gasteiger partial charge in [0.2, 0.25) is 0 Å². The first-order valence-electron chi connectivity index (χ1n) is 9.90. The first-order chi connectivity index (χ1) is 13.4. The number of para-hydroxylation sites is 1. The molecule has 0 atom stereocenters. The number of aromatic nitrogens is 3. The summed E-state index contributed by atoms with van der Waals surface area (Å²) in [5, 5.41) is 9.41. The second-order valence-electron chi connectivity index (χ2n) is 7.76. The van der Waals surface area contributed by atoms with Crippen LogP contribution < -0.4 is 5.32 Å². The highest BCUT2D eigenvalue weighted by Gasteiger charge is 2.15. The molecule has 2 aromatic heterocycles. The molecule has 6 nitrogen and oxygen atoms in total. The predicted molar refractivity (Wildman–Crippen MR) is 132 cm³/mol. The van der Waals surface area contributed by atoms with Crippen molar-refractivity contribution < 1.29 is 0 Å². The molecule has 0 saturated carbocycles. The van der Waals surface area contributed by atoms with Gasteiger partial charge in [-0.25, -0.2) is 0 Å². The number of benzene rings is 1. The average molecular weight is 508 g/mol. The monoisotopic (exact) mass is 508 g/mol. The number of nitrogens with zero attached hydrogens (tertiary/aromatic N) is 4. The number of aromatic amines is 1. The van der Waals surface area contributed by atoms with E-state index in [0.717, 1.165) is 31.2 Å². The number of nitrogens with one attached hydrogen (secondary N) is 2. The van der Waals surface area contributed by atoms with Crippen LogP contribution in [0.4, 0.5) is 0 Å². The van der Waals surface area contributed by atoms with Gasteiger partial charge in [-0.3, -0.25) is 9.67 Å². The quantitative estimate of drug-likeness (QED) is 0.298. The Balaban J connectivity index is 0.00000300. The maximum Gasteiger partial charge on any atom is 0.193 e. The lowest BCUT2D eigenvalue weighted by Gasteiger charge is -2.22. The molecular formula is C22H33IN6. The van der Waals surface area contributed by atoms with Gasteiger partial charge in [-0.15, -0.1) is 24.0 Å². The van der Waals surface area contributed by atoms with E-state index in [1.54, 1.807) is 0 Å². The van der Waals surface area contributed by atoms with Crippen LogP contribution in [-0.2, 0) is 20.0 Å². The molecule has 29 heavy (non-hydrogen) atoms. The molecule has 0 aliphatic rings. The topological polar surface area (TPSA) is 61.2 Å². The van der Waals surface area contributed by atoms with Crippen molar-refractivity contribution in [1.29, 1.82) is 0 Å². The minimum Gasteiger partial charge on any atom is -0.361 e. The molecule has 0 unspecified atom stereocenters. The second-order valence-corrected chi connectivity index (χ2v) is 7.76. The summed E-state index contributed by atoms with van der Waals surface area (Å²) in [7, 11) is 5.88. The maximum absolute atomic E-state index is 4.61. The molecule has 0 amide bonds. The van der Waals surface area contributed by atoms with Gasteiger partial charge in [0.05, 0.1) is 5.69 Å². The van der Waals surface area contributed by atoms with E-state index in [9.17, 15) is 0 Å². The Morgan fingerprint density at radius 3 is 2.76 bits per heavy atom. The largest absolute Gasteiger partial charge is 0.361 e. The number of halogens is 1. The fourth-order valence-corrected chi connectivity index (χ4v) is 3.76. The van der Waals surface area contributed by atoms with Crippen LogP contribution in [0.15, 0.2) is 35.6 Å². The summed E-state index contributed by atoms with van der Waals surface area (Å²) in [6.45, 7) is 8.13. The molecule has 0 fully saturated rings. The third-order valence-corrected chi connectivity index (χ3v) is 5.15. The summed E-state index contributed by atoms with van der Waals surface area (Å²) in [5.74, 6) is 1.31. The van der Waals surface area contributed by atoms with Crippen molar-refractivity contribution >= 4 is 40.8 Å². The van der Waals surface area contributed by atoms with Gasteiger partial charge < -0.3 is 15.2 Å². The molecule has 3 aromatic rings. The summed E-state index contributed by atoms with van der Waals surface area (Å²) >= 11 is 0. The zero-order valence-electron chi connectivity index (χ0n) is 18.3. The Labute approximate surface area is 190 Å². The number of fused-ring (bicyclic) bond motifs is 1. The molecule has 0 saturated heterocycles. The highest BCUT2D eigenvalue weighted by molar-refractivity contribution is 14.0. The van der Waals surface area contributed by atoms with Crippen LogP contribution in [-0.4, -0.2) is 46.3 Å². The molecular weight excluding hydrogens is 475 g/mol. The lowest BCUT2D eigenvalue weighted by atomic mass is 10.1. The van der Waals surface area contributed by atoms with Crippen LogP contribution in [0, 0.1) is 6.92 Å². The molecule has 0 aliphatic heterocycles. The second kappa shape index (κ2) is 10.1. The number of H-pyrrole nitrogens is 1. The molecule has 158 valence electrons. The van der Waals surface area contributed by atoms with Gasteiger partial charge in [-0.2, -0.15) is 5.10 Å². The van der Waals surface area contributed by atoms with Gasteiger partial charge in [-0.1, -0.05) is 32.0 Å². The van der Waals surface area contributed by atoms with E-state index < -0.39 is 0 Å². The first kappa shape index (κ1) is 23.3. The Hall–Kier alpha value is -2.03. The minimum absolute atomic E-state index is 0. The molecule has 2 N–H and O–H groups in total. The molecule has 2 heterocycles. The SMILES string of the molecule is CN=C(NCCc1c[nH]c2c(C)cccc12)N(C)Cc1cn(C)nc1C(C)C.I. The van der Waals surface area contributed by atoms with E-state index in [1.165, 1.54) is 27.6 Å². The average Bonchev–Trinajstić information content (AvgIpc) is 3.23. The standard InChI is InChI=1S/C22H32N6.HI/c1-15(2)20-18(14-28(6)26-20)13-27(5)22(23-4)24-11-10-17-12-25-21-16(3)8-7-9-19(17)21;/h7-9,12,14-15,25H,10-11,13H2,1-6H3,(H,23,24);1H. The number of aliphatic imine (C=N–C) groups is 1. The number of rotatable bonds is 6. The molecule has 7 heteroatoms. The molecule has 1 aromatic carbocycles. The summed E-state index contributed by atoms with van der Waals surface area (Å²) < 4.78 is 1.90. The van der Waals surface area contributed by atoms with Gasteiger partial charge in [0.15, 0.2) is 5.96 Å². The molecule has 3 rings (SSSR count). The van der Waals surface area contributed by atoms with E-state index in [2.05, 4.69) is 83.7 Å². The lowest BCUT2D eigenvalue weighted by molar-refractivity contribution is 0.474. The summed E-state index contributed by atoms with van der Waals surface area (Å²) in [4.78, 5) is 10.0. The Morgan fingerprint density at radius 2 is 2.07 bits per heavy atom. The summed E-state index contributed by atoms with van der Waals surface area (Å²) in [6.07, 6.45) is 5.17. The smallest absolute Gasteiger partial charge is 0.193 e. The van der Waals surface area contributed by atoms with Gasteiger partial charge >= 0.3 is 0 Å². The number of aryl methyl sites for hydroxylation is 2. The van der Waals surface area contributed by atoms with Crippen molar-refractivity contribution in [3.63, 3.8) is 0 Å². The number of guanidine groups is 1. The highest BCUT2D eigenvalue weighted by Crippen LogP contribution is 2.21. The van der Waals surface area contributed by atoms with Crippen molar-refractivity contribution in [2.75, 3.05) is 20.6 Å². The van der Waals surface area contributed by atoms with Crippen molar-refractivity contribution in [2.45, 2.75) is 39.7 Å². The van der Waals surface area contributed by atoms with Gasteiger partial charge in [-0.05, 0) is 30.4 Å². The molecule has 0 spiro atoms. The third kappa shape index (κ3) is 5.32. The van der Waals surface area contributed by atoms with E-state index in [4.69, 9.17) is 0 Å². The lowest BCUT2D eigenvalue weighted by Crippen LogP contribution is -2.39. The summed E-state index contributed by atoms with van der Waals surface area (Å²) in [5.41, 5.74) is 6.24. The molecule has 0 bridgehead atoms. The Bertz CT molecular complexity index is 969. The fourth-order valence-electron chi connectivity index (χ4n) is 3.76. The van der Waals surface area contributed by atoms with Crippen LogP contribution in [0.25, 0.3) is 10.9 Å². The first-order valence-corrected chi connectivity index (χ1v) is 9.90. The van der Waals surface area contributed by atoms with Crippen LogP contribution in [0.2, 0.25) is 0 Å². The fraction of sp³-hybridized carbons (Fsp3) is 0.455. The van der Waals surface area contributed by atoms with E-state index in [0.29, 0.717) is 5.92 Å². The molecule has 0 radical (unpaired) electrons. The van der Waals surface area contributed by atoms with Crippen LogP contribution in [0.1, 0.15) is 42.1 Å². The van der Waals surface area contributed by atoms with Crippen molar-refractivity contribution in [3.8, 4) is 0 Å². The van der Waals surface area contributed by atoms with E-state index >= 15 is 0 Å². The number of hydrogen-bond donors (Lipinski definition) is 2. The zero-order valence-corrected chi connectivity index (χ0v) is 20.6. The molecule has 0 aliphatic carbocycles. The Kier molecular flexibility index (Phi) is 8.13. The van der Waals surface area contributed by atoms with E-state index in [1.807, 2.05) is 18.8 Å². The van der Waals surface area contributed by atoms with Crippen molar-refractivity contribution in [1.82, 2.24) is 25.0 Å². The van der Waals surface area contributed by atoms with Gasteiger partial charge in [0, 0.05) is 63.1 Å². The van der Waals surface area contributed by atoms with Crippen molar-refractivity contribution in [2.24, 2.45) is 12.0 Å². The van der Waals surface area contributed by atoms with Gasteiger partial charge in [0.1, 0.15) is 0 Å². The summed E-state index contributed by atoms with van der Waals surface area (Å²) in [6, 6.07) is 6.45. The highest BCUT2D eigenvalue weighted by atomic mass is 127. The van der Waals surface area contributed by atoms with E-state index in [-0.39, 0.29) is 24.0 Å². The Morgan fingerprint density at radius 1 is 1.31 bits per heavy atom. The van der Waals surface area contributed by atoms with Crippen molar-refractivity contribution in [3.05, 3.63) is 53.0 Å². The normalized spacial score (nSPS) is 11.8. The minimum atomic E-state index is 0. The zero-order chi connectivity index (χ0) is 20.3. The third-order valence-electron chi connectivity index (χ3n) is 5.15. The predicted octanol–water partition coefficient (Wildman–Crippen LogP) is 4.20. The number of hydrogen-bond acceptors (Lipinski definition) is 2. The van der Waals surface area contributed by atoms with Crippen LogP contribution in [0.5, 0.6) is 0 Å².